The van der Waals surface area contributed by atoms with Gasteiger partial charge in [-0.25, -0.2) is 0 Å². The van der Waals surface area contributed by atoms with Crippen molar-refractivity contribution in [2.45, 2.75) is 97.6 Å². The summed E-state index contributed by atoms with van der Waals surface area (Å²) in [6.45, 7) is 9.38. The molecule has 0 aliphatic heterocycles. The van der Waals surface area contributed by atoms with Crippen LogP contribution in [-0.2, 0) is 11.3 Å². The van der Waals surface area contributed by atoms with Gasteiger partial charge in [0.2, 0.25) is 0 Å². The van der Waals surface area contributed by atoms with E-state index in [1.165, 1.54) is 32.1 Å². The Morgan fingerprint density at radius 1 is 1.03 bits per heavy atom. The molecule has 2 aromatic heterocycles. The van der Waals surface area contributed by atoms with Crippen molar-refractivity contribution in [3.8, 4) is 0 Å². The average Bonchev–Trinajstić information content (AvgIpc) is 3.34. The number of pyridine rings is 1. The first-order chi connectivity index (χ1) is 16.1. The molecule has 0 amide bonds. The van der Waals surface area contributed by atoms with Gasteiger partial charge in [-0.15, -0.1) is 0 Å². The fraction of sp³-hybridized carbons (Fsp3) is 0.759. The highest BCUT2D eigenvalue weighted by Gasteiger charge is 2.61. The number of carbonyl (C=O) groups is 1. The van der Waals surface area contributed by atoms with Gasteiger partial charge in [0.25, 0.3) is 0 Å². The molecular weight excluding hydrogens is 422 g/mol. The van der Waals surface area contributed by atoms with Gasteiger partial charge >= 0.3 is 0 Å². The Kier molecular flexibility index (Phi) is 5.09. The number of carbonyl (C=O) groups excluding carboxylic acids is 1. The lowest BCUT2D eigenvalue weighted by Gasteiger charge is -2.61. The number of aliphatic hydroxyl groups is 1. The molecule has 0 bridgehead atoms. The lowest BCUT2D eigenvalue weighted by molar-refractivity contribution is -0.151. The Morgan fingerprint density at radius 2 is 1.82 bits per heavy atom. The lowest BCUT2D eigenvalue weighted by Crippen LogP contribution is -2.55. The maximum atomic E-state index is 13.7. The summed E-state index contributed by atoms with van der Waals surface area (Å²) in [5.41, 5.74) is 1.95. The molecule has 4 fully saturated rings. The zero-order valence-corrected chi connectivity index (χ0v) is 21.4. The van der Waals surface area contributed by atoms with E-state index in [-0.39, 0.29) is 11.3 Å². The van der Waals surface area contributed by atoms with E-state index in [1.807, 2.05) is 37.0 Å². The van der Waals surface area contributed by atoms with E-state index in [9.17, 15) is 9.90 Å². The first-order valence-electron chi connectivity index (χ1n) is 13.6. The SMILES string of the molecule is Cc1cc2cnn(CC(=O)[C@H]3CC[C@H]4[C@@H]5CC[C@@H]6C[C@](C)(O)CC[C@]6(C)[C@H]5CC[C@]34C)c2cn1. The van der Waals surface area contributed by atoms with Crippen LogP contribution in [0.2, 0.25) is 0 Å². The van der Waals surface area contributed by atoms with Crippen LogP contribution in [0.3, 0.4) is 0 Å². The fourth-order valence-electron chi connectivity index (χ4n) is 9.43. The molecule has 0 aromatic carbocycles. The van der Waals surface area contributed by atoms with Crippen molar-refractivity contribution in [1.82, 2.24) is 14.8 Å². The normalized spacial score (nSPS) is 43.9. The molecule has 34 heavy (non-hydrogen) atoms. The minimum absolute atomic E-state index is 0.124. The number of ketones is 1. The van der Waals surface area contributed by atoms with Gasteiger partial charge < -0.3 is 5.11 Å². The number of rotatable bonds is 3. The van der Waals surface area contributed by atoms with Crippen molar-refractivity contribution in [3.05, 3.63) is 24.2 Å². The number of hydrogen-bond acceptors (Lipinski definition) is 4. The molecule has 0 spiro atoms. The zero-order chi connectivity index (χ0) is 23.9. The van der Waals surface area contributed by atoms with Crippen LogP contribution in [0, 0.1) is 47.3 Å². The van der Waals surface area contributed by atoms with Gasteiger partial charge in [-0.2, -0.15) is 5.10 Å². The molecule has 2 aromatic rings. The summed E-state index contributed by atoms with van der Waals surface area (Å²) in [6.07, 6.45) is 14.0. The number of hydrogen-bond donors (Lipinski definition) is 1. The maximum Gasteiger partial charge on any atom is 0.157 e. The summed E-state index contributed by atoms with van der Waals surface area (Å²) in [6, 6.07) is 2.04. The first-order valence-corrected chi connectivity index (χ1v) is 13.6. The summed E-state index contributed by atoms with van der Waals surface area (Å²) in [5.74, 6) is 3.35. The Balaban J connectivity index is 1.21. The minimum atomic E-state index is -0.476. The van der Waals surface area contributed by atoms with E-state index in [1.54, 1.807) is 0 Å². The molecule has 4 saturated carbocycles. The zero-order valence-electron chi connectivity index (χ0n) is 21.4. The van der Waals surface area contributed by atoms with Crippen LogP contribution < -0.4 is 0 Å². The van der Waals surface area contributed by atoms with Gasteiger partial charge in [0.05, 0.1) is 23.5 Å². The molecular formula is C29H41N3O2. The van der Waals surface area contributed by atoms with Crippen molar-refractivity contribution in [2.75, 3.05) is 0 Å². The third-order valence-electron chi connectivity index (χ3n) is 11.3. The number of nitrogens with zero attached hydrogens (tertiary/aromatic N) is 3. The van der Waals surface area contributed by atoms with Crippen molar-refractivity contribution in [1.29, 1.82) is 0 Å². The summed E-state index contributed by atoms with van der Waals surface area (Å²) < 4.78 is 1.87. The Hall–Kier alpha value is -1.75. The Morgan fingerprint density at radius 3 is 2.65 bits per heavy atom. The van der Waals surface area contributed by atoms with Crippen LogP contribution in [0.4, 0.5) is 0 Å². The molecule has 5 nitrogen and oxygen atoms in total. The summed E-state index contributed by atoms with van der Waals surface area (Å²) in [7, 11) is 0. The molecule has 0 saturated heterocycles. The number of fused-ring (bicyclic) bond motifs is 6. The second-order valence-corrected chi connectivity index (χ2v) is 13.2. The maximum absolute atomic E-state index is 13.7. The quantitative estimate of drug-likeness (QED) is 0.632. The smallest absolute Gasteiger partial charge is 0.157 e. The third-order valence-corrected chi connectivity index (χ3v) is 11.3. The number of Topliss-reactive ketones (excluding diaryl/α,β-unsaturated/α-hetero) is 1. The Labute approximate surface area is 203 Å². The molecule has 4 aliphatic carbocycles. The highest BCUT2D eigenvalue weighted by atomic mass is 16.3. The standard InChI is InChI=1S/C29H41N3O2/c1-18-13-19-15-31-32(25(19)16-30-18)17-26(33)24-8-7-22-21-6-5-20-14-27(2,34)11-12-28(20,3)23(21)9-10-29(22,24)4/h13,15-16,20-24,34H,5-12,14,17H2,1-4H3/t20-,21+,22+,23+,24-,27-,28+,29+/m1/s1. The van der Waals surface area contributed by atoms with E-state index in [4.69, 9.17) is 0 Å². The van der Waals surface area contributed by atoms with E-state index >= 15 is 0 Å². The first kappa shape index (κ1) is 22.7. The summed E-state index contributed by atoms with van der Waals surface area (Å²) >= 11 is 0. The molecule has 6 rings (SSSR count). The van der Waals surface area contributed by atoms with Gasteiger partial charge in [-0.3, -0.25) is 14.5 Å². The third kappa shape index (κ3) is 3.32. The van der Waals surface area contributed by atoms with Gasteiger partial charge in [0.1, 0.15) is 6.54 Å². The summed E-state index contributed by atoms with van der Waals surface area (Å²) in [4.78, 5) is 18.1. The largest absolute Gasteiger partial charge is 0.390 e. The highest BCUT2D eigenvalue weighted by molar-refractivity contribution is 5.85. The van der Waals surface area contributed by atoms with Gasteiger partial charge in [0, 0.05) is 17.0 Å². The predicted octanol–water partition coefficient (Wildman–Crippen LogP) is 5.72. The average molecular weight is 464 g/mol. The van der Waals surface area contributed by atoms with Crippen LogP contribution in [0.15, 0.2) is 18.5 Å². The van der Waals surface area contributed by atoms with Crippen molar-refractivity contribution < 1.29 is 9.90 Å². The topological polar surface area (TPSA) is 68.0 Å². The van der Waals surface area contributed by atoms with Crippen LogP contribution >= 0.6 is 0 Å². The van der Waals surface area contributed by atoms with E-state index in [2.05, 4.69) is 23.9 Å². The molecule has 8 atom stereocenters. The van der Waals surface area contributed by atoms with E-state index in [0.29, 0.717) is 29.6 Å². The van der Waals surface area contributed by atoms with E-state index in [0.717, 1.165) is 54.1 Å². The second-order valence-electron chi connectivity index (χ2n) is 13.2. The van der Waals surface area contributed by atoms with Crippen LogP contribution in [-0.4, -0.2) is 31.3 Å². The van der Waals surface area contributed by atoms with Gasteiger partial charge in [-0.05, 0) is 112 Å². The van der Waals surface area contributed by atoms with E-state index < -0.39 is 5.60 Å². The highest BCUT2D eigenvalue weighted by Crippen LogP contribution is 2.68. The molecule has 1 N–H and O–H groups in total. The lowest BCUT2D eigenvalue weighted by atomic mass is 9.44. The molecule has 184 valence electrons. The van der Waals surface area contributed by atoms with Crippen LogP contribution in [0.25, 0.3) is 10.9 Å². The molecule has 4 aliphatic rings. The Bertz CT molecular complexity index is 1120. The fourth-order valence-corrected chi connectivity index (χ4v) is 9.43. The monoisotopic (exact) mass is 463 g/mol. The van der Waals surface area contributed by atoms with Crippen molar-refractivity contribution in [2.24, 2.45) is 40.4 Å². The molecule has 0 unspecified atom stereocenters. The second kappa shape index (κ2) is 7.62. The molecule has 5 heteroatoms. The van der Waals surface area contributed by atoms with Crippen LogP contribution in [0.5, 0.6) is 0 Å². The van der Waals surface area contributed by atoms with Crippen LogP contribution in [0.1, 0.15) is 84.3 Å². The van der Waals surface area contributed by atoms with Crippen molar-refractivity contribution in [3.63, 3.8) is 0 Å². The summed E-state index contributed by atoms with van der Waals surface area (Å²) in [5, 5.41) is 16.4. The predicted molar refractivity (Wildman–Crippen MR) is 133 cm³/mol. The number of aromatic nitrogens is 3. The van der Waals surface area contributed by atoms with Gasteiger partial charge in [0.15, 0.2) is 5.78 Å². The van der Waals surface area contributed by atoms with Crippen molar-refractivity contribution >= 4 is 16.7 Å². The molecule has 0 radical (unpaired) electrons. The minimum Gasteiger partial charge on any atom is -0.390 e. The number of aryl methyl sites for hydroxylation is 1. The van der Waals surface area contributed by atoms with Gasteiger partial charge in [-0.1, -0.05) is 13.8 Å². The molecule has 2 heterocycles.